The van der Waals surface area contributed by atoms with Crippen LogP contribution in [0.15, 0.2) is 35.4 Å². The molecule has 3 heteroatoms. The molecule has 0 saturated carbocycles. The maximum Gasteiger partial charge on any atom is 0.0999 e. The lowest BCUT2D eigenvalue weighted by atomic mass is 10.1. The van der Waals surface area contributed by atoms with Gasteiger partial charge in [0.1, 0.15) is 0 Å². The quantitative estimate of drug-likeness (QED) is 0.588. The minimum Gasteiger partial charge on any atom is -0.241 e. The zero-order valence-electron chi connectivity index (χ0n) is 10.5. The molecule has 1 aromatic carbocycles. The maximum absolute atomic E-state index is 9.18. The fraction of sp³-hybridized carbons (Fsp3) is 0.333. The van der Waals surface area contributed by atoms with E-state index in [9.17, 15) is 5.26 Å². The van der Waals surface area contributed by atoms with Gasteiger partial charge in [-0.3, -0.25) is 0 Å². The standard InChI is InChI=1S/C15H16N2S/c1-2-3-6-9-18-15-10-12(11-16)13-7-4-5-8-14(13)17-15/h4-5,7-8,10H,2-3,6,9H2,1H3. The zero-order valence-corrected chi connectivity index (χ0v) is 11.3. The van der Waals surface area contributed by atoms with Crippen LogP contribution in [0.3, 0.4) is 0 Å². The largest absolute Gasteiger partial charge is 0.241 e. The molecule has 0 radical (unpaired) electrons. The lowest BCUT2D eigenvalue weighted by molar-refractivity contribution is 0.778. The van der Waals surface area contributed by atoms with E-state index in [1.54, 1.807) is 11.8 Å². The predicted molar refractivity (Wildman–Crippen MR) is 76.7 cm³/mol. The van der Waals surface area contributed by atoms with Crippen LogP contribution >= 0.6 is 11.8 Å². The lowest BCUT2D eigenvalue weighted by Crippen LogP contribution is -1.89. The van der Waals surface area contributed by atoms with Crippen LogP contribution in [-0.4, -0.2) is 10.7 Å². The highest BCUT2D eigenvalue weighted by atomic mass is 32.2. The van der Waals surface area contributed by atoms with Crippen molar-refractivity contribution >= 4 is 22.7 Å². The molecule has 0 aliphatic heterocycles. The van der Waals surface area contributed by atoms with E-state index in [0.29, 0.717) is 0 Å². The van der Waals surface area contributed by atoms with Gasteiger partial charge in [-0.1, -0.05) is 38.0 Å². The summed E-state index contributed by atoms with van der Waals surface area (Å²) in [5.41, 5.74) is 1.63. The molecule has 1 aromatic heterocycles. The summed E-state index contributed by atoms with van der Waals surface area (Å²) in [7, 11) is 0. The summed E-state index contributed by atoms with van der Waals surface area (Å²) in [6.45, 7) is 2.20. The molecule has 92 valence electrons. The second kappa shape index (κ2) is 6.42. The molecular formula is C15H16N2S. The van der Waals surface area contributed by atoms with Crippen LogP contribution in [0.4, 0.5) is 0 Å². The molecule has 0 aliphatic carbocycles. The van der Waals surface area contributed by atoms with E-state index in [1.165, 1.54) is 19.3 Å². The predicted octanol–water partition coefficient (Wildman–Crippen LogP) is 4.39. The Bertz CT molecular complexity index is 572. The third-order valence-corrected chi connectivity index (χ3v) is 3.81. The van der Waals surface area contributed by atoms with E-state index >= 15 is 0 Å². The number of nitriles is 1. The van der Waals surface area contributed by atoms with Crippen LogP contribution < -0.4 is 0 Å². The average molecular weight is 256 g/mol. The topological polar surface area (TPSA) is 36.7 Å². The summed E-state index contributed by atoms with van der Waals surface area (Å²) in [5.74, 6) is 1.07. The molecule has 0 spiro atoms. The van der Waals surface area contributed by atoms with E-state index in [-0.39, 0.29) is 0 Å². The van der Waals surface area contributed by atoms with Gasteiger partial charge in [0.15, 0.2) is 0 Å². The Labute approximate surface area is 112 Å². The second-order valence-electron chi connectivity index (χ2n) is 4.19. The van der Waals surface area contributed by atoms with Crippen LogP contribution in [0.1, 0.15) is 31.7 Å². The molecule has 0 fully saturated rings. The van der Waals surface area contributed by atoms with Crippen molar-refractivity contribution in [2.45, 2.75) is 31.2 Å². The molecule has 2 aromatic rings. The summed E-state index contributed by atoms with van der Waals surface area (Å²) in [6, 6.07) is 12.0. The highest BCUT2D eigenvalue weighted by Crippen LogP contribution is 2.24. The molecular weight excluding hydrogens is 240 g/mol. The first-order chi connectivity index (χ1) is 8.85. The summed E-state index contributed by atoms with van der Waals surface area (Å²) in [5, 5.41) is 11.1. The van der Waals surface area contributed by atoms with Crippen molar-refractivity contribution in [1.29, 1.82) is 5.26 Å². The number of benzene rings is 1. The second-order valence-corrected chi connectivity index (χ2v) is 5.31. The Morgan fingerprint density at radius 2 is 2.11 bits per heavy atom. The zero-order chi connectivity index (χ0) is 12.8. The maximum atomic E-state index is 9.18. The summed E-state index contributed by atoms with van der Waals surface area (Å²) >= 11 is 1.74. The molecule has 0 bridgehead atoms. The van der Waals surface area contributed by atoms with Crippen LogP contribution in [-0.2, 0) is 0 Å². The number of unbranched alkanes of at least 4 members (excludes halogenated alkanes) is 2. The van der Waals surface area contributed by atoms with Crippen molar-refractivity contribution in [1.82, 2.24) is 4.98 Å². The molecule has 2 rings (SSSR count). The van der Waals surface area contributed by atoms with E-state index in [4.69, 9.17) is 0 Å². The van der Waals surface area contributed by atoms with Crippen molar-refractivity contribution in [3.63, 3.8) is 0 Å². The van der Waals surface area contributed by atoms with Gasteiger partial charge in [0.2, 0.25) is 0 Å². The van der Waals surface area contributed by atoms with E-state index in [1.807, 2.05) is 30.3 Å². The molecule has 2 nitrogen and oxygen atoms in total. The summed E-state index contributed by atoms with van der Waals surface area (Å²) < 4.78 is 0. The van der Waals surface area contributed by atoms with Gasteiger partial charge < -0.3 is 0 Å². The minimum absolute atomic E-state index is 0.721. The molecule has 18 heavy (non-hydrogen) atoms. The number of thioether (sulfide) groups is 1. The number of rotatable bonds is 5. The number of para-hydroxylation sites is 1. The fourth-order valence-corrected chi connectivity index (χ4v) is 2.77. The van der Waals surface area contributed by atoms with Crippen LogP contribution in [0.25, 0.3) is 10.9 Å². The van der Waals surface area contributed by atoms with Crippen molar-refractivity contribution in [3.05, 3.63) is 35.9 Å². The van der Waals surface area contributed by atoms with Crippen LogP contribution in [0, 0.1) is 11.3 Å². The van der Waals surface area contributed by atoms with Gasteiger partial charge >= 0.3 is 0 Å². The average Bonchev–Trinajstić information content (AvgIpc) is 2.42. The number of hydrogen-bond acceptors (Lipinski definition) is 3. The number of nitrogens with zero attached hydrogens (tertiary/aromatic N) is 2. The monoisotopic (exact) mass is 256 g/mol. The van der Waals surface area contributed by atoms with Gasteiger partial charge in [-0.2, -0.15) is 5.26 Å². The van der Waals surface area contributed by atoms with Gasteiger partial charge in [-0.15, -0.1) is 11.8 Å². The minimum atomic E-state index is 0.721. The Morgan fingerprint density at radius 1 is 1.28 bits per heavy atom. The highest BCUT2D eigenvalue weighted by Gasteiger charge is 2.05. The molecule has 0 aliphatic rings. The molecule has 0 N–H and O–H groups in total. The smallest absolute Gasteiger partial charge is 0.0999 e. The summed E-state index contributed by atoms with van der Waals surface area (Å²) in [6.07, 6.45) is 3.69. The first-order valence-corrected chi connectivity index (χ1v) is 7.26. The van der Waals surface area contributed by atoms with E-state index < -0.39 is 0 Å². The third kappa shape index (κ3) is 3.02. The third-order valence-electron chi connectivity index (χ3n) is 2.81. The Hall–Kier alpha value is -1.53. The fourth-order valence-electron chi connectivity index (χ4n) is 1.85. The van der Waals surface area contributed by atoms with Crippen molar-refractivity contribution in [2.24, 2.45) is 0 Å². The van der Waals surface area contributed by atoms with Crippen LogP contribution in [0.5, 0.6) is 0 Å². The lowest BCUT2D eigenvalue weighted by Gasteiger charge is -2.04. The van der Waals surface area contributed by atoms with Gasteiger partial charge in [0.05, 0.1) is 22.2 Å². The van der Waals surface area contributed by atoms with Gasteiger partial charge in [0.25, 0.3) is 0 Å². The van der Waals surface area contributed by atoms with Gasteiger partial charge in [-0.25, -0.2) is 4.98 Å². The molecule has 1 heterocycles. The SMILES string of the molecule is CCCCCSc1cc(C#N)c2ccccc2n1. The number of aromatic nitrogens is 1. The van der Waals surface area contributed by atoms with Crippen molar-refractivity contribution < 1.29 is 0 Å². The van der Waals surface area contributed by atoms with E-state index in [2.05, 4.69) is 18.0 Å². The van der Waals surface area contributed by atoms with Crippen molar-refractivity contribution in [2.75, 3.05) is 5.75 Å². The molecule has 0 unspecified atom stereocenters. The van der Waals surface area contributed by atoms with Gasteiger partial charge in [0, 0.05) is 5.39 Å². The Kier molecular flexibility index (Phi) is 4.60. The first kappa shape index (κ1) is 12.9. The molecule has 0 saturated heterocycles. The molecule has 0 atom stereocenters. The molecule has 0 amide bonds. The first-order valence-electron chi connectivity index (χ1n) is 6.28. The Morgan fingerprint density at radius 3 is 2.89 bits per heavy atom. The highest BCUT2D eigenvalue weighted by molar-refractivity contribution is 7.99. The number of fused-ring (bicyclic) bond motifs is 1. The normalized spacial score (nSPS) is 10.4. The number of pyridine rings is 1. The van der Waals surface area contributed by atoms with Gasteiger partial charge in [-0.05, 0) is 24.3 Å². The van der Waals surface area contributed by atoms with Crippen molar-refractivity contribution in [3.8, 4) is 6.07 Å². The van der Waals surface area contributed by atoms with Crippen LogP contribution in [0.2, 0.25) is 0 Å². The Balaban J connectivity index is 2.22. The van der Waals surface area contributed by atoms with E-state index in [0.717, 1.165) is 27.2 Å². The number of hydrogen-bond donors (Lipinski definition) is 0. The summed E-state index contributed by atoms with van der Waals surface area (Å²) in [4.78, 5) is 4.59.